The van der Waals surface area contributed by atoms with Gasteiger partial charge in [-0.15, -0.1) is 0 Å². The van der Waals surface area contributed by atoms with Crippen LogP contribution in [0.3, 0.4) is 0 Å². The molecule has 3 fully saturated rings. The van der Waals surface area contributed by atoms with Crippen molar-refractivity contribution >= 4 is 7.82 Å². The van der Waals surface area contributed by atoms with Gasteiger partial charge in [-0.25, -0.2) is 4.57 Å². The Kier molecular flexibility index (Phi) is 11.0. The van der Waals surface area contributed by atoms with E-state index in [1.54, 1.807) is 5.57 Å². The molecule has 0 bridgehead atoms. The number of rotatable bonds is 12. The summed E-state index contributed by atoms with van der Waals surface area (Å²) in [7, 11) is 1.97. The summed E-state index contributed by atoms with van der Waals surface area (Å²) in [5.41, 5.74) is 3.57. The Morgan fingerprint density at radius 2 is 1.92 bits per heavy atom. The molecule has 0 saturated heterocycles. The topological polar surface area (TPSA) is 76.0 Å². The highest BCUT2D eigenvalue weighted by atomic mass is 31.2. The Balaban J connectivity index is 1.63. The van der Waals surface area contributed by atoms with E-state index in [1.165, 1.54) is 32.1 Å². The van der Waals surface area contributed by atoms with E-state index in [1.807, 2.05) is 35.0 Å². The van der Waals surface area contributed by atoms with Crippen molar-refractivity contribution in [3.05, 3.63) is 35.5 Å². The van der Waals surface area contributed by atoms with Gasteiger partial charge in [0.1, 0.15) is 13.2 Å². The molecular weight excluding hydrogens is 509 g/mol. The Bertz CT molecular complexity index is 959. The SMILES string of the molecule is C=C1CC[C@H](OP(=O)(O)OCC[N+](C)(C)C)C/C1=C/C=C1\CCC[C@]2(C)[C@@H]([C@H](C)CCCC(C)(C)O)CC[C@@H]12. The highest BCUT2D eigenvalue weighted by molar-refractivity contribution is 7.47. The number of fused-ring (bicyclic) bond motifs is 1. The van der Waals surface area contributed by atoms with Crippen LogP contribution in [-0.2, 0) is 13.6 Å². The quantitative estimate of drug-likeness (QED) is 0.188. The molecule has 2 N–H and O–H groups in total. The fourth-order valence-electron chi connectivity index (χ4n) is 7.39. The monoisotopic (exact) mass is 566 g/mol. The van der Waals surface area contributed by atoms with E-state index < -0.39 is 13.4 Å². The van der Waals surface area contributed by atoms with Crippen molar-refractivity contribution in [1.29, 1.82) is 0 Å². The third-order valence-electron chi connectivity index (χ3n) is 9.64. The van der Waals surface area contributed by atoms with E-state index in [0.29, 0.717) is 41.1 Å². The van der Waals surface area contributed by atoms with Crippen LogP contribution in [0.1, 0.15) is 98.3 Å². The Morgan fingerprint density at radius 3 is 2.59 bits per heavy atom. The molecule has 0 heterocycles. The maximum Gasteiger partial charge on any atom is 0.472 e. The van der Waals surface area contributed by atoms with Gasteiger partial charge in [0.15, 0.2) is 0 Å². The van der Waals surface area contributed by atoms with Crippen LogP contribution < -0.4 is 0 Å². The van der Waals surface area contributed by atoms with Crippen molar-refractivity contribution in [2.45, 2.75) is 110 Å². The molecule has 6 atom stereocenters. The van der Waals surface area contributed by atoms with Gasteiger partial charge in [0.05, 0.1) is 32.8 Å². The van der Waals surface area contributed by atoms with Crippen LogP contribution in [0, 0.1) is 23.2 Å². The highest BCUT2D eigenvalue weighted by Crippen LogP contribution is 2.60. The summed E-state index contributed by atoms with van der Waals surface area (Å²) in [5, 5.41) is 10.1. The normalized spacial score (nSPS) is 32.8. The average molecular weight is 567 g/mol. The standard InChI is InChI=1S/C32H56NO5P/c1-24-13-16-28(38-39(35,36)37-22-21-33(6,7)8)23-27(24)15-14-26-12-10-20-32(5)29(17-18-30(26)32)25(2)11-9-19-31(3,4)34/h14-15,25,28-30,34H,1,9-13,16-23H2,2-8H3/p+1/b26-14+,27-15-/t25-,28+,29-,30+,32-/m1/s1. The lowest BCUT2D eigenvalue weighted by molar-refractivity contribution is -0.870. The molecule has 3 rings (SSSR count). The van der Waals surface area contributed by atoms with E-state index in [4.69, 9.17) is 9.05 Å². The Labute approximate surface area is 238 Å². The van der Waals surface area contributed by atoms with Crippen LogP contribution in [0.4, 0.5) is 0 Å². The molecule has 3 aliphatic carbocycles. The second kappa shape index (κ2) is 13.0. The fourth-order valence-corrected chi connectivity index (χ4v) is 8.32. The van der Waals surface area contributed by atoms with Crippen molar-refractivity contribution in [2.24, 2.45) is 23.2 Å². The lowest BCUT2D eigenvalue weighted by Crippen LogP contribution is -2.37. The largest absolute Gasteiger partial charge is 0.472 e. The van der Waals surface area contributed by atoms with Crippen LogP contribution in [0.2, 0.25) is 0 Å². The van der Waals surface area contributed by atoms with Crippen LogP contribution in [0.25, 0.3) is 0 Å². The number of quaternary nitrogens is 1. The zero-order valence-electron chi connectivity index (χ0n) is 25.9. The smallest absolute Gasteiger partial charge is 0.390 e. The lowest BCUT2D eigenvalue weighted by atomic mass is 9.60. The van der Waals surface area contributed by atoms with Crippen molar-refractivity contribution in [3.8, 4) is 0 Å². The number of nitrogens with zero attached hydrogens (tertiary/aromatic N) is 1. The minimum atomic E-state index is -4.09. The number of allylic oxidation sites excluding steroid dienone is 4. The number of hydrogen-bond donors (Lipinski definition) is 2. The summed E-state index contributed by atoms with van der Waals surface area (Å²) in [4.78, 5) is 10.3. The van der Waals surface area contributed by atoms with Crippen LogP contribution in [0.5, 0.6) is 0 Å². The van der Waals surface area contributed by atoms with E-state index in [2.05, 4.69) is 32.6 Å². The first-order valence-electron chi connectivity index (χ1n) is 15.3. The molecule has 224 valence electrons. The summed E-state index contributed by atoms with van der Waals surface area (Å²) in [6, 6.07) is 0. The molecule has 0 aromatic carbocycles. The van der Waals surface area contributed by atoms with Crippen molar-refractivity contribution in [3.63, 3.8) is 0 Å². The zero-order valence-corrected chi connectivity index (χ0v) is 26.8. The molecule has 3 aliphatic rings. The summed E-state index contributed by atoms with van der Waals surface area (Å²) in [5.74, 6) is 2.04. The van der Waals surface area contributed by atoms with Gasteiger partial charge < -0.3 is 14.5 Å². The molecule has 0 amide bonds. The highest BCUT2D eigenvalue weighted by Gasteiger charge is 2.50. The van der Waals surface area contributed by atoms with Gasteiger partial charge in [-0.2, -0.15) is 0 Å². The molecule has 0 radical (unpaired) electrons. The van der Waals surface area contributed by atoms with Gasteiger partial charge in [0, 0.05) is 0 Å². The molecule has 6 nitrogen and oxygen atoms in total. The summed E-state index contributed by atoms with van der Waals surface area (Å²) in [6.45, 7) is 13.9. The first-order valence-corrected chi connectivity index (χ1v) is 16.7. The second-order valence-electron chi connectivity index (χ2n) is 14.6. The number of phosphoric acid groups is 1. The van der Waals surface area contributed by atoms with Crippen LogP contribution >= 0.6 is 7.82 Å². The predicted molar refractivity (Wildman–Crippen MR) is 160 cm³/mol. The second-order valence-corrected chi connectivity index (χ2v) is 16.0. The summed E-state index contributed by atoms with van der Waals surface area (Å²) >= 11 is 0. The minimum Gasteiger partial charge on any atom is -0.390 e. The van der Waals surface area contributed by atoms with Crippen molar-refractivity contribution in [1.82, 2.24) is 0 Å². The number of hydrogen-bond acceptors (Lipinski definition) is 4. The molecule has 0 aliphatic heterocycles. The maximum absolute atomic E-state index is 12.6. The van der Waals surface area contributed by atoms with Gasteiger partial charge in [0.2, 0.25) is 0 Å². The molecule has 1 unspecified atom stereocenters. The maximum atomic E-state index is 12.6. The molecule has 0 spiro atoms. The van der Waals surface area contributed by atoms with E-state index in [0.717, 1.165) is 42.7 Å². The number of likely N-dealkylation sites (N-methyl/N-ethyl adjacent to an activating group) is 1. The first-order chi connectivity index (χ1) is 18.0. The lowest BCUT2D eigenvalue weighted by Gasteiger charge is -2.44. The fraction of sp³-hybridized carbons (Fsp3) is 0.812. The molecule has 0 aromatic heterocycles. The number of phosphoric ester groups is 1. The van der Waals surface area contributed by atoms with E-state index in [9.17, 15) is 14.6 Å². The third kappa shape index (κ3) is 9.65. The molecule has 39 heavy (non-hydrogen) atoms. The van der Waals surface area contributed by atoms with Gasteiger partial charge in [-0.05, 0) is 100 Å². The average Bonchev–Trinajstić information content (AvgIpc) is 3.15. The molecule has 7 heteroatoms. The van der Waals surface area contributed by atoms with E-state index in [-0.39, 0.29) is 12.7 Å². The zero-order chi connectivity index (χ0) is 29.1. The van der Waals surface area contributed by atoms with Crippen molar-refractivity contribution < 1.29 is 28.1 Å². The minimum absolute atomic E-state index is 0.185. The molecule has 0 aromatic rings. The Morgan fingerprint density at radius 1 is 1.21 bits per heavy atom. The molecular formula is C32H57NO5P+. The predicted octanol–water partition coefficient (Wildman–Crippen LogP) is 7.58. The third-order valence-corrected chi connectivity index (χ3v) is 10.7. The summed E-state index contributed by atoms with van der Waals surface area (Å²) < 4.78 is 24.1. The number of aliphatic hydroxyl groups is 1. The van der Waals surface area contributed by atoms with Gasteiger partial charge >= 0.3 is 7.82 Å². The van der Waals surface area contributed by atoms with Gasteiger partial charge in [0.25, 0.3) is 0 Å². The summed E-state index contributed by atoms with van der Waals surface area (Å²) in [6.07, 6.45) is 15.7. The van der Waals surface area contributed by atoms with Gasteiger partial charge in [-0.3, -0.25) is 9.05 Å². The van der Waals surface area contributed by atoms with E-state index >= 15 is 0 Å². The first kappa shape index (κ1) is 32.8. The van der Waals surface area contributed by atoms with Crippen LogP contribution in [0.15, 0.2) is 35.5 Å². The van der Waals surface area contributed by atoms with Crippen molar-refractivity contribution in [2.75, 3.05) is 34.3 Å². The van der Waals surface area contributed by atoms with Crippen LogP contribution in [-0.4, -0.2) is 60.5 Å². The van der Waals surface area contributed by atoms with Gasteiger partial charge in [-0.1, -0.05) is 56.6 Å². The Hall–Kier alpha value is -0.750. The molecule has 3 saturated carbocycles.